The first kappa shape index (κ1) is 16.1. The lowest BCUT2D eigenvalue weighted by atomic mass is 10.1. The van der Waals surface area contributed by atoms with Crippen LogP contribution in [0.1, 0.15) is 17.5 Å². The van der Waals surface area contributed by atoms with Crippen LogP contribution in [0.3, 0.4) is 0 Å². The summed E-state index contributed by atoms with van der Waals surface area (Å²) in [4.78, 5) is 26.4. The topological polar surface area (TPSA) is 75.4 Å². The van der Waals surface area contributed by atoms with Gasteiger partial charge >= 0.3 is 0 Å². The maximum Gasteiger partial charge on any atom is 0.229 e. The summed E-state index contributed by atoms with van der Waals surface area (Å²) in [7, 11) is 0. The summed E-state index contributed by atoms with van der Waals surface area (Å²) in [6, 6.07) is 15.2. The number of nitrogen functional groups attached to an aromatic ring is 1. The Morgan fingerprint density at radius 3 is 2.75 bits per heavy atom. The highest BCUT2D eigenvalue weighted by Crippen LogP contribution is 2.24. The van der Waals surface area contributed by atoms with Gasteiger partial charge in [0, 0.05) is 30.9 Å². The van der Waals surface area contributed by atoms with Crippen LogP contribution in [0.2, 0.25) is 0 Å². The average molecular weight is 323 g/mol. The molecule has 3 rings (SSSR count). The van der Waals surface area contributed by atoms with E-state index in [1.54, 1.807) is 17.0 Å². The van der Waals surface area contributed by atoms with Crippen LogP contribution in [0.25, 0.3) is 0 Å². The fourth-order valence-electron chi connectivity index (χ4n) is 2.91. The van der Waals surface area contributed by atoms with Gasteiger partial charge in [0.15, 0.2) is 0 Å². The maximum absolute atomic E-state index is 12.5. The van der Waals surface area contributed by atoms with Gasteiger partial charge in [0.2, 0.25) is 11.8 Å². The lowest BCUT2D eigenvalue weighted by molar-refractivity contribution is -0.128. The number of rotatable bonds is 4. The minimum absolute atomic E-state index is 0.0169. The van der Waals surface area contributed by atoms with Gasteiger partial charge in [-0.1, -0.05) is 36.4 Å². The molecule has 1 aliphatic heterocycles. The third-order valence-electron chi connectivity index (χ3n) is 4.32. The Bertz CT molecular complexity index is 758. The summed E-state index contributed by atoms with van der Waals surface area (Å²) >= 11 is 0. The van der Waals surface area contributed by atoms with Gasteiger partial charge in [-0.3, -0.25) is 9.59 Å². The van der Waals surface area contributed by atoms with Crippen molar-refractivity contribution in [2.45, 2.75) is 19.9 Å². The first-order chi connectivity index (χ1) is 11.5. The summed E-state index contributed by atoms with van der Waals surface area (Å²) in [5, 5.41) is 2.90. The van der Waals surface area contributed by atoms with Crippen LogP contribution in [0.15, 0.2) is 48.5 Å². The average Bonchev–Trinajstić information content (AvgIpc) is 2.93. The molecule has 0 saturated carbocycles. The molecule has 5 heteroatoms. The van der Waals surface area contributed by atoms with Crippen LogP contribution >= 0.6 is 0 Å². The summed E-state index contributed by atoms with van der Waals surface area (Å²) in [5.41, 5.74) is 9.09. The van der Waals surface area contributed by atoms with Crippen molar-refractivity contribution in [3.63, 3.8) is 0 Å². The SMILES string of the molecule is Cc1ccc(N)cc1NC(=O)C1CC(=O)N(Cc2ccccc2)C1. The molecule has 0 aromatic heterocycles. The zero-order valence-electron chi connectivity index (χ0n) is 13.7. The van der Waals surface area contributed by atoms with Gasteiger partial charge in [0.1, 0.15) is 0 Å². The highest BCUT2D eigenvalue weighted by atomic mass is 16.2. The van der Waals surface area contributed by atoms with Crippen LogP contribution in [-0.4, -0.2) is 23.3 Å². The number of amides is 2. The molecular weight excluding hydrogens is 302 g/mol. The lowest BCUT2D eigenvalue weighted by Gasteiger charge is -2.17. The molecule has 1 aliphatic rings. The van der Waals surface area contributed by atoms with E-state index >= 15 is 0 Å². The zero-order chi connectivity index (χ0) is 17.1. The fraction of sp³-hybridized carbons (Fsp3) is 0.263. The summed E-state index contributed by atoms with van der Waals surface area (Å²) in [5.74, 6) is -0.446. The second-order valence-corrected chi connectivity index (χ2v) is 6.22. The number of hydrogen-bond donors (Lipinski definition) is 2. The van der Waals surface area contributed by atoms with E-state index in [1.165, 1.54) is 0 Å². The third kappa shape index (κ3) is 3.56. The van der Waals surface area contributed by atoms with E-state index < -0.39 is 0 Å². The van der Waals surface area contributed by atoms with E-state index in [4.69, 9.17) is 5.73 Å². The van der Waals surface area contributed by atoms with E-state index in [2.05, 4.69) is 5.32 Å². The quantitative estimate of drug-likeness (QED) is 0.849. The standard InChI is InChI=1S/C19H21N3O2/c1-13-7-8-16(20)10-17(13)21-19(24)15-9-18(23)22(12-15)11-14-5-3-2-4-6-14/h2-8,10,15H,9,11-12,20H2,1H3,(H,21,24). The van der Waals surface area contributed by atoms with Crippen molar-refractivity contribution in [3.05, 3.63) is 59.7 Å². The van der Waals surface area contributed by atoms with Gasteiger partial charge < -0.3 is 16.0 Å². The molecule has 0 spiro atoms. The van der Waals surface area contributed by atoms with Gasteiger partial charge in [-0.2, -0.15) is 0 Å². The Morgan fingerprint density at radius 2 is 2.00 bits per heavy atom. The highest BCUT2D eigenvalue weighted by Gasteiger charge is 2.34. The molecule has 2 aromatic carbocycles. The minimum Gasteiger partial charge on any atom is -0.399 e. The Kier molecular flexibility index (Phi) is 4.51. The molecule has 1 heterocycles. The molecule has 0 bridgehead atoms. The molecular formula is C19H21N3O2. The maximum atomic E-state index is 12.5. The van der Waals surface area contributed by atoms with E-state index in [-0.39, 0.29) is 24.2 Å². The van der Waals surface area contributed by atoms with Gasteiger partial charge in [0.05, 0.1) is 5.92 Å². The van der Waals surface area contributed by atoms with Crippen molar-refractivity contribution in [1.82, 2.24) is 4.90 Å². The Balaban J connectivity index is 1.64. The molecule has 1 unspecified atom stereocenters. The van der Waals surface area contributed by atoms with Crippen LogP contribution in [0.4, 0.5) is 11.4 Å². The van der Waals surface area contributed by atoms with Crippen molar-refractivity contribution in [2.75, 3.05) is 17.6 Å². The fourth-order valence-corrected chi connectivity index (χ4v) is 2.91. The molecule has 124 valence electrons. The molecule has 0 radical (unpaired) electrons. The number of nitrogens with two attached hydrogens (primary N) is 1. The second kappa shape index (κ2) is 6.74. The number of likely N-dealkylation sites (tertiary alicyclic amines) is 1. The van der Waals surface area contributed by atoms with E-state index in [0.717, 1.165) is 11.1 Å². The molecule has 1 saturated heterocycles. The Morgan fingerprint density at radius 1 is 1.25 bits per heavy atom. The van der Waals surface area contributed by atoms with Gasteiger partial charge in [-0.05, 0) is 30.2 Å². The molecule has 3 N–H and O–H groups in total. The molecule has 5 nitrogen and oxygen atoms in total. The molecule has 2 amide bonds. The monoisotopic (exact) mass is 323 g/mol. The van der Waals surface area contributed by atoms with Gasteiger partial charge in [-0.25, -0.2) is 0 Å². The van der Waals surface area contributed by atoms with Crippen molar-refractivity contribution in [2.24, 2.45) is 5.92 Å². The predicted octanol–water partition coefficient (Wildman–Crippen LogP) is 2.56. The minimum atomic E-state index is -0.331. The number of nitrogens with zero attached hydrogens (tertiary/aromatic N) is 1. The van der Waals surface area contributed by atoms with Crippen molar-refractivity contribution in [1.29, 1.82) is 0 Å². The number of anilines is 2. The third-order valence-corrected chi connectivity index (χ3v) is 4.32. The number of carbonyl (C=O) groups is 2. The predicted molar refractivity (Wildman–Crippen MR) is 94.2 cm³/mol. The number of aryl methyl sites for hydroxylation is 1. The highest BCUT2D eigenvalue weighted by molar-refractivity contribution is 5.97. The van der Waals surface area contributed by atoms with Crippen LogP contribution in [0, 0.1) is 12.8 Å². The normalized spacial score (nSPS) is 17.1. The van der Waals surface area contributed by atoms with Crippen LogP contribution in [0.5, 0.6) is 0 Å². The number of nitrogens with one attached hydrogen (secondary N) is 1. The second-order valence-electron chi connectivity index (χ2n) is 6.22. The lowest BCUT2D eigenvalue weighted by Crippen LogP contribution is -2.28. The van der Waals surface area contributed by atoms with Gasteiger partial charge in [-0.15, -0.1) is 0 Å². The summed E-state index contributed by atoms with van der Waals surface area (Å²) in [6.45, 7) is 2.90. The first-order valence-corrected chi connectivity index (χ1v) is 8.01. The van der Waals surface area contributed by atoms with Crippen molar-refractivity contribution in [3.8, 4) is 0 Å². The summed E-state index contributed by atoms with van der Waals surface area (Å²) in [6.07, 6.45) is 0.250. The molecule has 0 aliphatic carbocycles. The largest absolute Gasteiger partial charge is 0.399 e. The van der Waals surface area contributed by atoms with Crippen LogP contribution in [-0.2, 0) is 16.1 Å². The molecule has 1 fully saturated rings. The number of carbonyl (C=O) groups excluding carboxylic acids is 2. The van der Waals surface area contributed by atoms with E-state index in [1.807, 2.05) is 43.3 Å². The first-order valence-electron chi connectivity index (χ1n) is 8.01. The Hall–Kier alpha value is -2.82. The van der Waals surface area contributed by atoms with E-state index in [9.17, 15) is 9.59 Å². The zero-order valence-corrected chi connectivity index (χ0v) is 13.7. The molecule has 24 heavy (non-hydrogen) atoms. The van der Waals surface area contributed by atoms with E-state index in [0.29, 0.717) is 24.5 Å². The van der Waals surface area contributed by atoms with Crippen molar-refractivity contribution < 1.29 is 9.59 Å². The van der Waals surface area contributed by atoms with Crippen LogP contribution < -0.4 is 11.1 Å². The number of hydrogen-bond acceptors (Lipinski definition) is 3. The molecule has 2 aromatic rings. The molecule has 1 atom stereocenters. The van der Waals surface area contributed by atoms with Crippen molar-refractivity contribution >= 4 is 23.2 Å². The number of benzene rings is 2. The Labute approximate surface area is 141 Å². The summed E-state index contributed by atoms with van der Waals surface area (Å²) < 4.78 is 0. The smallest absolute Gasteiger partial charge is 0.229 e. The van der Waals surface area contributed by atoms with Gasteiger partial charge in [0.25, 0.3) is 0 Å².